The van der Waals surface area contributed by atoms with Crippen molar-refractivity contribution < 1.29 is 33.3 Å². The lowest BCUT2D eigenvalue weighted by Gasteiger charge is -2.17. The molecule has 20 heavy (non-hydrogen) atoms. The van der Waals surface area contributed by atoms with Gasteiger partial charge in [-0.2, -0.15) is 0 Å². The van der Waals surface area contributed by atoms with Crippen LogP contribution in [0.2, 0.25) is 0 Å². The summed E-state index contributed by atoms with van der Waals surface area (Å²) in [5.41, 5.74) is 0.895. The van der Waals surface area contributed by atoms with Gasteiger partial charge in [-0.15, -0.1) is 10.2 Å². The second kappa shape index (κ2) is 5.53. The van der Waals surface area contributed by atoms with Gasteiger partial charge in [0.25, 0.3) is 6.20 Å². The van der Waals surface area contributed by atoms with Crippen molar-refractivity contribution in [3.8, 4) is 0 Å². The molecule has 0 N–H and O–H groups in total. The Hall–Kier alpha value is -2.03. The number of hydrogen-bond acceptors (Lipinski definition) is 5. The predicted molar refractivity (Wildman–Crippen MR) is 58.3 cm³/mol. The minimum atomic E-state index is -4.94. The smallest absolute Gasteiger partial charge is 0.251 e. The first-order valence-electron chi connectivity index (χ1n) is 5.37. The number of benzene rings is 1. The van der Waals surface area contributed by atoms with Crippen LogP contribution >= 0.6 is 0 Å². The first-order chi connectivity index (χ1) is 9.33. The maximum absolute atomic E-state index is 11.1. The molecule has 0 fully saturated rings. The van der Waals surface area contributed by atoms with E-state index in [2.05, 4.69) is 6.07 Å². The van der Waals surface area contributed by atoms with Crippen molar-refractivity contribution in [1.82, 2.24) is 4.40 Å². The van der Waals surface area contributed by atoms with Crippen LogP contribution in [0, 0.1) is 15.2 Å². The molecule has 3 aromatic rings. The van der Waals surface area contributed by atoms with Gasteiger partial charge in [0.2, 0.25) is 6.20 Å². The summed E-state index contributed by atoms with van der Waals surface area (Å²) in [4.78, 5) is 11.1. The number of fused-ring (bicyclic) bond motifs is 2. The average molecular weight is 297 g/mol. The predicted octanol–water partition coefficient (Wildman–Crippen LogP) is -2.75. The van der Waals surface area contributed by atoms with E-state index in [0.717, 1.165) is 15.3 Å². The standard InChI is InChI=1S/C12H9N2O.ClHO4/c15-14-6-5-13-8-11-4-2-1-3-10(11)7-12(13)9-14;2-1(3,4)5/h1-9H;(H,2,3,4,5)/q+1;/p-1. The highest BCUT2D eigenvalue weighted by Crippen LogP contribution is 2.15. The van der Waals surface area contributed by atoms with Crippen molar-refractivity contribution >= 4 is 16.3 Å². The van der Waals surface area contributed by atoms with Crippen LogP contribution < -0.4 is 23.1 Å². The van der Waals surface area contributed by atoms with Crippen molar-refractivity contribution in [2.45, 2.75) is 0 Å². The van der Waals surface area contributed by atoms with Gasteiger partial charge in [0.1, 0.15) is 5.52 Å². The molecule has 7 nitrogen and oxygen atoms in total. The number of halogens is 1. The van der Waals surface area contributed by atoms with E-state index in [9.17, 15) is 4.91 Å². The molecule has 0 saturated heterocycles. The van der Waals surface area contributed by atoms with E-state index < -0.39 is 10.2 Å². The third kappa shape index (κ3) is 3.98. The Morgan fingerprint density at radius 3 is 2.30 bits per heavy atom. The van der Waals surface area contributed by atoms with E-state index in [1.54, 1.807) is 12.4 Å². The first-order valence-corrected chi connectivity index (χ1v) is 6.61. The van der Waals surface area contributed by atoms with E-state index in [1.807, 2.05) is 34.9 Å². The molecule has 0 radical (unpaired) electrons. The second-order valence-corrected chi connectivity index (χ2v) is 4.66. The second-order valence-electron chi connectivity index (χ2n) is 3.90. The molecule has 0 bridgehead atoms. The molecule has 0 aliphatic heterocycles. The topological polar surface area (TPSA) is 120 Å². The molecule has 0 amide bonds. The van der Waals surface area contributed by atoms with Crippen LogP contribution in [0.1, 0.15) is 0 Å². The molecular formula is C12H9ClN2O5. The molecule has 0 aliphatic carbocycles. The third-order valence-corrected chi connectivity index (χ3v) is 2.51. The van der Waals surface area contributed by atoms with E-state index in [-0.39, 0.29) is 0 Å². The number of hydrogen-bond donors (Lipinski definition) is 0. The van der Waals surface area contributed by atoms with Gasteiger partial charge in [-0.3, -0.25) is 0 Å². The SMILES string of the molecule is O=[n+]1ccn2cc3ccccc3cc2c1.[O-][Cl+3]([O-])([O-])[O-]. The normalized spacial score (nSPS) is 11.2. The molecule has 3 rings (SSSR count). The quantitative estimate of drug-likeness (QED) is 0.329. The fourth-order valence-electron chi connectivity index (χ4n) is 1.76. The van der Waals surface area contributed by atoms with Gasteiger partial charge < -0.3 is 4.40 Å². The highest BCUT2D eigenvalue weighted by atomic mass is 35.7. The molecule has 1 aromatic carbocycles. The fourth-order valence-corrected chi connectivity index (χ4v) is 1.76. The van der Waals surface area contributed by atoms with Crippen LogP contribution in [-0.4, -0.2) is 4.40 Å². The Balaban J connectivity index is 0.000000257. The summed E-state index contributed by atoms with van der Waals surface area (Å²) >= 11 is 0. The molecule has 0 atom stereocenters. The maximum Gasteiger partial charge on any atom is 0.251 e. The number of nitrogens with zero attached hydrogens (tertiary/aromatic N) is 2. The minimum absolute atomic E-state index is 0.810. The zero-order chi connectivity index (χ0) is 14.8. The largest absolute Gasteiger partial charge is 0.312 e. The Bertz CT molecular complexity index is 791. The van der Waals surface area contributed by atoms with Gasteiger partial charge in [0.15, 0.2) is 0 Å². The lowest BCUT2D eigenvalue weighted by atomic mass is 10.2. The van der Waals surface area contributed by atoms with Crippen molar-refractivity contribution in [2.24, 2.45) is 0 Å². The summed E-state index contributed by atoms with van der Waals surface area (Å²) in [5, 5.41) is 2.31. The van der Waals surface area contributed by atoms with E-state index in [1.165, 1.54) is 11.6 Å². The first kappa shape index (κ1) is 14.4. The van der Waals surface area contributed by atoms with Gasteiger partial charge in [0.05, 0.1) is 10.6 Å². The Kier molecular flexibility index (Phi) is 3.98. The third-order valence-electron chi connectivity index (χ3n) is 2.51. The Morgan fingerprint density at radius 2 is 1.65 bits per heavy atom. The van der Waals surface area contributed by atoms with Crippen molar-refractivity contribution in [1.29, 1.82) is 0 Å². The molecule has 104 valence electrons. The lowest BCUT2D eigenvalue weighted by Crippen LogP contribution is -2.68. The Morgan fingerprint density at radius 1 is 1.05 bits per heavy atom. The van der Waals surface area contributed by atoms with Crippen LogP contribution in [0.5, 0.6) is 0 Å². The van der Waals surface area contributed by atoms with Gasteiger partial charge in [-0.1, -0.05) is 24.3 Å². The van der Waals surface area contributed by atoms with Gasteiger partial charge >= 0.3 is 0 Å². The van der Waals surface area contributed by atoms with Gasteiger partial charge in [-0.05, 0) is 16.8 Å². The molecule has 0 spiro atoms. The Labute approximate surface area is 114 Å². The zero-order valence-electron chi connectivity index (χ0n) is 10.0. The molecule has 0 aliphatic rings. The summed E-state index contributed by atoms with van der Waals surface area (Å²) in [7, 11) is -4.94. The highest BCUT2D eigenvalue weighted by molar-refractivity contribution is 5.85. The van der Waals surface area contributed by atoms with E-state index in [4.69, 9.17) is 18.6 Å². The van der Waals surface area contributed by atoms with Crippen molar-refractivity contribution in [2.75, 3.05) is 0 Å². The number of pyridine rings is 1. The van der Waals surface area contributed by atoms with Crippen LogP contribution in [0.3, 0.4) is 0 Å². The van der Waals surface area contributed by atoms with Gasteiger partial charge in [0, 0.05) is 11.1 Å². The monoisotopic (exact) mass is 296 g/mol. The molecule has 2 aromatic heterocycles. The molecule has 0 unspecified atom stereocenters. The van der Waals surface area contributed by atoms with Crippen molar-refractivity contribution in [3.05, 3.63) is 60.0 Å². The molecule has 2 heterocycles. The number of aromatic nitrogens is 2. The minimum Gasteiger partial charge on any atom is -0.312 e. The highest BCUT2D eigenvalue weighted by Gasteiger charge is 2.00. The van der Waals surface area contributed by atoms with Crippen LogP contribution in [0.15, 0.2) is 55.1 Å². The maximum atomic E-state index is 11.1. The summed E-state index contributed by atoms with van der Waals surface area (Å²) in [6.45, 7) is 0. The van der Waals surface area contributed by atoms with E-state index >= 15 is 0 Å². The fraction of sp³-hybridized carbons (Fsp3) is 0. The van der Waals surface area contributed by atoms with E-state index in [0.29, 0.717) is 0 Å². The zero-order valence-corrected chi connectivity index (χ0v) is 10.8. The summed E-state index contributed by atoms with van der Waals surface area (Å²) in [6.07, 6.45) is 6.83. The number of rotatable bonds is 0. The van der Waals surface area contributed by atoms with Crippen molar-refractivity contribution in [3.63, 3.8) is 0 Å². The molecule has 8 heteroatoms. The summed E-state index contributed by atoms with van der Waals surface area (Å²) in [6, 6.07) is 10.1. The van der Waals surface area contributed by atoms with Crippen LogP contribution in [0.4, 0.5) is 0 Å². The molecule has 0 saturated carbocycles. The lowest BCUT2D eigenvalue weighted by molar-refractivity contribution is -2.00. The average Bonchev–Trinajstić information content (AvgIpc) is 2.34. The van der Waals surface area contributed by atoms with Crippen LogP contribution in [-0.2, 0) is 0 Å². The molecular weight excluding hydrogens is 288 g/mol. The summed E-state index contributed by atoms with van der Waals surface area (Å²) < 4.78 is 36.7. The summed E-state index contributed by atoms with van der Waals surface area (Å²) in [5.74, 6) is 0. The van der Waals surface area contributed by atoms with Crippen LogP contribution in [0.25, 0.3) is 16.3 Å². The van der Waals surface area contributed by atoms with Gasteiger partial charge in [-0.25, -0.2) is 18.6 Å².